The lowest BCUT2D eigenvalue weighted by Gasteiger charge is -2.21. The molecule has 0 aliphatic rings. The van der Waals surface area contributed by atoms with Crippen LogP contribution < -0.4 is 11.1 Å². The zero-order valence-electron chi connectivity index (χ0n) is 11.1. The second kappa shape index (κ2) is 8.53. The number of hydrogen-bond acceptors (Lipinski definition) is 3. The van der Waals surface area contributed by atoms with Crippen molar-refractivity contribution in [3.63, 3.8) is 0 Å². The molecule has 0 heterocycles. The van der Waals surface area contributed by atoms with E-state index >= 15 is 0 Å². The Morgan fingerprint density at radius 3 is 2.50 bits per heavy atom. The third-order valence-electron chi connectivity index (χ3n) is 2.93. The minimum Gasteiger partial charge on any atom is -0.355 e. The van der Waals surface area contributed by atoms with E-state index in [1.54, 1.807) is 0 Å². The monoisotopic (exact) mass is 229 g/mol. The highest BCUT2D eigenvalue weighted by molar-refractivity contribution is 5.78. The topological polar surface area (TPSA) is 58.4 Å². The number of hydrogen-bond donors (Lipinski definition) is 2. The molecule has 0 aromatic heterocycles. The lowest BCUT2D eigenvalue weighted by molar-refractivity contribution is -0.124. The van der Waals surface area contributed by atoms with Crippen molar-refractivity contribution >= 4 is 5.91 Å². The van der Waals surface area contributed by atoms with Crippen LogP contribution in [0.25, 0.3) is 0 Å². The molecule has 0 fully saturated rings. The molecule has 0 aromatic carbocycles. The fourth-order valence-corrected chi connectivity index (χ4v) is 1.34. The van der Waals surface area contributed by atoms with Crippen LogP contribution in [-0.2, 0) is 4.79 Å². The van der Waals surface area contributed by atoms with Gasteiger partial charge in [-0.2, -0.15) is 0 Å². The van der Waals surface area contributed by atoms with Crippen LogP contribution in [0.5, 0.6) is 0 Å². The fourth-order valence-electron chi connectivity index (χ4n) is 1.34. The Labute approximate surface area is 99.6 Å². The third kappa shape index (κ3) is 6.80. The van der Waals surface area contributed by atoms with Gasteiger partial charge in [0, 0.05) is 25.0 Å². The van der Waals surface area contributed by atoms with E-state index in [0.717, 1.165) is 25.9 Å². The maximum atomic E-state index is 11.6. The van der Waals surface area contributed by atoms with Crippen LogP contribution in [0.15, 0.2) is 0 Å². The minimum absolute atomic E-state index is 0.0768. The van der Waals surface area contributed by atoms with E-state index in [0.29, 0.717) is 12.6 Å². The number of nitrogens with one attached hydrogen (secondary N) is 1. The molecule has 3 N–H and O–H groups in total. The summed E-state index contributed by atoms with van der Waals surface area (Å²) in [5.41, 5.74) is 5.41. The zero-order valence-corrected chi connectivity index (χ0v) is 11.1. The van der Waals surface area contributed by atoms with Crippen molar-refractivity contribution in [1.82, 2.24) is 10.2 Å². The van der Waals surface area contributed by atoms with Crippen LogP contribution in [-0.4, -0.2) is 43.5 Å². The molecule has 1 amide bonds. The van der Waals surface area contributed by atoms with Crippen molar-refractivity contribution < 1.29 is 4.79 Å². The summed E-state index contributed by atoms with van der Waals surface area (Å²) >= 11 is 0. The molecule has 16 heavy (non-hydrogen) atoms. The number of amides is 1. The first-order valence-corrected chi connectivity index (χ1v) is 6.17. The summed E-state index contributed by atoms with van der Waals surface area (Å²) < 4.78 is 0. The second-order valence-corrected chi connectivity index (χ2v) is 4.70. The lowest BCUT2D eigenvalue weighted by atomic mass is 10.1. The highest BCUT2D eigenvalue weighted by atomic mass is 16.1. The van der Waals surface area contributed by atoms with Gasteiger partial charge >= 0.3 is 0 Å². The maximum absolute atomic E-state index is 11.6. The van der Waals surface area contributed by atoms with E-state index in [2.05, 4.69) is 31.1 Å². The SMILES string of the molecule is CC(CCCN)C(=O)NCCN(C)C(C)C. The molecule has 96 valence electrons. The molecule has 0 rings (SSSR count). The van der Waals surface area contributed by atoms with Crippen molar-refractivity contribution in [1.29, 1.82) is 0 Å². The Morgan fingerprint density at radius 2 is 2.00 bits per heavy atom. The lowest BCUT2D eigenvalue weighted by Crippen LogP contribution is -2.38. The normalized spacial score (nSPS) is 13.2. The molecule has 0 spiro atoms. The highest BCUT2D eigenvalue weighted by Crippen LogP contribution is 2.04. The first-order chi connectivity index (χ1) is 7.49. The number of rotatable bonds is 8. The van der Waals surface area contributed by atoms with E-state index in [1.165, 1.54) is 0 Å². The predicted molar refractivity (Wildman–Crippen MR) is 68.2 cm³/mol. The number of carbonyl (C=O) groups is 1. The van der Waals surface area contributed by atoms with Crippen LogP contribution in [0, 0.1) is 5.92 Å². The molecular weight excluding hydrogens is 202 g/mol. The van der Waals surface area contributed by atoms with Crippen molar-refractivity contribution in [2.45, 2.75) is 39.7 Å². The van der Waals surface area contributed by atoms with Crippen LogP contribution in [0.2, 0.25) is 0 Å². The highest BCUT2D eigenvalue weighted by Gasteiger charge is 2.11. The summed E-state index contributed by atoms with van der Waals surface area (Å²) in [5.74, 6) is 0.221. The Kier molecular flexibility index (Phi) is 8.21. The predicted octanol–water partition coefficient (Wildman–Crippen LogP) is 0.818. The van der Waals surface area contributed by atoms with Gasteiger partial charge in [0.25, 0.3) is 0 Å². The van der Waals surface area contributed by atoms with Gasteiger partial charge < -0.3 is 16.0 Å². The molecule has 1 atom stereocenters. The summed E-state index contributed by atoms with van der Waals surface area (Å²) in [6.45, 7) is 8.52. The van der Waals surface area contributed by atoms with Crippen LogP contribution >= 0.6 is 0 Å². The van der Waals surface area contributed by atoms with E-state index in [1.807, 2.05) is 6.92 Å². The smallest absolute Gasteiger partial charge is 0.222 e. The summed E-state index contributed by atoms with van der Waals surface area (Å²) in [4.78, 5) is 13.8. The largest absolute Gasteiger partial charge is 0.355 e. The molecule has 0 aliphatic carbocycles. The molecule has 0 radical (unpaired) electrons. The second-order valence-electron chi connectivity index (χ2n) is 4.70. The van der Waals surface area contributed by atoms with Gasteiger partial charge in [0.05, 0.1) is 0 Å². The van der Waals surface area contributed by atoms with Crippen molar-refractivity contribution in [2.75, 3.05) is 26.7 Å². The van der Waals surface area contributed by atoms with Crippen molar-refractivity contribution in [2.24, 2.45) is 11.7 Å². The summed E-state index contributed by atoms with van der Waals surface area (Å²) in [6, 6.07) is 0.520. The van der Waals surface area contributed by atoms with Crippen LogP contribution in [0.1, 0.15) is 33.6 Å². The summed E-state index contributed by atoms with van der Waals surface area (Å²) in [6.07, 6.45) is 1.79. The molecule has 0 aromatic rings. The Bertz CT molecular complexity index is 195. The van der Waals surface area contributed by atoms with Crippen molar-refractivity contribution in [3.8, 4) is 0 Å². The first-order valence-electron chi connectivity index (χ1n) is 6.17. The summed E-state index contributed by atoms with van der Waals surface area (Å²) in [5, 5.41) is 2.96. The Morgan fingerprint density at radius 1 is 1.38 bits per heavy atom. The molecule has 1 unspecified atom stereocenters. The van der Waals surface area contributed by atoms with Gasteiger partial charge in [-0.05, 0) is 40.3 Å². The van der Waals surface area contributed by atoms with Crippen LogP contribution in [0.3, 0.4) is 0 Å². The van der Waals surface area contributed by atoms with E-state index in [-0.39, 0.29) is 11.8 Å². The Balaban J connectivity index is 3.64. The molecular formula is C12H27N3O. The van der Waals surface area contributed by atoms with Gasteiger partial charge in [0.1, 0.15) is 0 Å². The Hall–Kier alpha value is -0.610. The van der Waals surface area contributed by atoms with E-state index in [9.17, 15) is 4.79 Å². The van der Waals surface area contributed by atoms with E-state index < -0.39 is 0 Å². The number of nitrogens with zero attached hydrogens (tertiary/aromatic N) is 1. The molecule has 0 aliphatic heterocycles. The number of nitrogens with two attached hydrogens (primary N) is 1. The van der Waals surface area contributed by atoms with E-state index in [4.69, 9.17) is 5.73 Å². The molecule has 4 nitrogen and oxygen atoms in total. The van der Waals surface area contributed by atoms with Gasteiger partial charge in [-0.15, -0.1) is 0 Å². The van der Waals surface area contributed by atoms with Gasteiger partial charge in [0.15, 0.2) is 0 Å². The first kappa shape index (κ1) is 15.4. The zero-order chi connectivity index (χ0) is 12.6. The quantitative estimate of drug-likeness (QED) is 0.648. The average molecular weight is 229 g/mol. The molecule has 0 saturated heterocycles. The third-order valence-corrected chi connectivity index (χ3v) is 2.93. The molecule has 0 bridgehead atoms. The van der Waals surface area contributed by atoms with Gasteiger partial charge in [-0.3, -0.25) is 4.79 Å². The minimum atomic E-state index is 0.0768. The van der Waals surface area contributed by atoms with Crippen LogP contribution in [0.4, 0.5) is 0 Å². The average Bonchev–Trinajstić information content (AvgIpc) is 2.25. The molecule has 4 heteroatoms. The standard InChI is InChI=1S/C12H27N3O/c1-10(2)15(4)9-8-14-12(16)11(3)6-5-7-13/h10-11H,5-9,13H2,1-4H3,(H,14,16). The number of likely N-dealkylation sites (N-methyl/N-ethyl adjacent to an activating group) is 1. The van der Waals surface area contributed by atoms with Gasteiger partial charge in [-0.25, -0.2) is 0 Å². The van der Waals surface area contributed by atoms with Crippen molar-refractivity contribution in [3.05, 3.63) is 0 Å². The maximum Gasteiger partial charge on any atom is 0.222 e. The van der Waals surface area contributed by atoms with Gasteiger partial charge in [-0.1, -0.05) is 6.92 Å². The van der Waals surface area contributed by atoms with Gasteiger partial charge in [0.2, 0.25) is 5.91 Å². The summed E-state index contributed by atoms with van der Waals surface area (Å²) in [7, 11) is 2.06. The number of carbonyl (C=O) groups excluding carboxylic acids is 1. The fraction of sp³-hybridized carbons (Fsp3) is 0.917. The molecule has 0 saturated carbocycles.